The Morgan fingerprint density at radius 3 is 1.95 bits per heavy atom. The summed E-state index contributed by atoms with van der Waals surface area (Å²) in [6.07, 6.45) is -15.2. The molecular weight excluding hydrogens is 565 g/mol. The van der Waals surface area contributed by atoms with Crippen molar-refractivity contribution < 1.29 is 49.0 Å². The molecule has 5 rings (SSSR count). The van der Waals surface area contributed by atoms with Crippen LogP contribution in [0, 0.1) is 6.92 Å². The second kappa shape index (κ2) is 10.2. The number of fused-ring (bicyclic) bond motifs is 1. The number of nitrogens with zero attached hydrogens (tertiary/aromatic N) is 1. The summed E-state index contributed by atoms with van der Waals surface area (Å²) in [5, 5.41) is 0. The molecule has 0 radical (unpaired) electrons. The number of benzene rings is 3. The minimum Gasteiger partial charge on any atom is -0.496 e. The third-order valence-electron chi connectivity index (χ3n) is 7.64. The molecule has 3 aromatic carbocycles. The van der Waals surface area contributed by atoms with Gasteiger partial charge >= 0.3 is 18.5 Å². The number of halogens is 9. The summed E-state index contributed by atoms with van der Waals surface area (Å²) in [6, 6.07) is 8.70. The molecule has 0 saturated carbocycles. The normalized spacial score (nSPS) is 21.8. The van der Waals surface area contributed by atoms with Crippen molar-refractivity contribution in [1.29, 1.82) is 0 Å². The Morgan fingerprint density at radius 2 is 1.37 bits per heavy atom. The Balaban J connectivity index is 1.57. The first kappa shape index (κ1) is 29.2. The van der Waals surface area contributed by atoms with Crippen LogP contribution in [0.2, 0.25) is 0 Å². The van der Waals surface area contributed by atoms with Crippen LogP contribution < -0.4 is 4.74 Å². The Kier molecular flexibility index (Phi) is 7.30. The van der Waals surface area contributed by atoms with Crippen LogP contribution in [0.4, 0.5) is 39.5 Å². The zero-order chi connectivity index (χ0) is 29.9. The minimum atomic E-state index is -5.02. The Labute approximate surface area is 229 Å². The number of hydrogen-bond acceptors (Lipinski definition) is 3. The molecule has 2 saturated heterocycles. The van der Waals surface area contributed by atoms with Crippen LogP contribution in [-0.2, 0) is 23.3 Å². The number of aryl methyl sites for hydroxylation is 1. The van der Waals surface area contributed by atoms with E-state index >= 15 is 0 Å². The fourth-order valence-electron chi connectivity index (χ4n) is 5.77. The first-order valence-corrected chi connectivity index (χ1v) is 12.6. The average Bonchev–Trinajstić information content (AvgIpc) is 3.49. The summed E-state index contributed by atoms with van der Waals surface area (Å²) in [7, 11) is 1.44. The Bertz CT molecular complexity index is 1410. The number of rotatable bonds is 4. The average molecular weight is 589 g/mol. The topological polar surface area (TPSA) is 21.7 Å². The molecule has 0 N–H and O–H groups in total. The van der Waals surface area contributed by atoms with E-state index in [2.05, 4.69) is 0 Å². The second-order valence-electron chi connectivity index (χ2n) is 10.2. The summed E-state index contributed by atoms with van der Waals surface area (Å²) in [6.45, 7) is 1.64. The number of ether oxygens (including phenoxy) is 2. The van der Waals surface area contributed by atoms with Gasteiger partial charge in [0.25, 0.3) is 0 Å². The molecule has 0 amide bonds. The van der Waals surface area contributed by atoms with E-state index in [1.807, 2.05) is 6.92 Å². The molecule has 220 valence electrons. The van der Waals surface area contributed by atoms with Gasteiger partial charge < -0.3 is 9.47 Å². The van der Waals surface area contributed by atoms with Gasteiger partial charge in [0.2, 0.25) is 0 Å². The maximum absolute atomic E-state index is 13.8. The quantitative estimate of drug-likeness (QED) is 0.284. The summed E-state index contributed by atoms with van der Waals surface area (Å²) in [5.41, 5.74) is -1.88. The van der Waals surface area contributed by atoms with Gasteiger partial charge in [0.1, 0.15) is 12.5 Å². The van der Waals surface area contributed by atoms with E-state index in [4.69, 9.17) is 9.47 Å². The minimum absolute atomic E-state index is 0.0534. The lowest BCUT2D eigenvalue weighted by Crippen LogP contribution is -2.28. The Morgan fingerprint density at radius 1 is 0.732 bits per heavy atom. The maximum Gasteiger partial charge on any atom is 0.416 e. The van der Waals surface area contributed by atoms with E-state index in [9.17, 15) is 39.5 Å². The second-order valence-corrected chi connectivity index (χ2v) is 10.2. The number of hydrogen-bond donors (Lipinski definition) is 0. The summed E-state index contributed by atoms with van der Waals surface area (Å²) in [4.78, 5) is 1.71. The highest BCUT2D eigenvalue weighted by Crippen LogP contribution is 2.51. The van der Waals surface area contributed by atoms with Gasteiger partial charge in [0, 0.05) is 17.6 Å². The summed E-state index contributed by atoms with van der Waals surface area (Å²) in [5.74, 6) is 0.436. The van der Waals surface area contributed by atoms with Crippen LogP contribution in [0.5, 0.6) is 5.75 Å². The van der Waals surface area contributed by atoms with Gasteiger partial charge in [0.05, 0.1) is 29.9 Å². The Hall–Kier alpha value is -3.25. The first-order valence-electron chi connectivity index (χ1n) is 12.6. The fraction of sp³-hybridized carbons (Fsp3) is 0.379. The molecule has 41 heavy (non-hydrogen) atoms. The molecule has 2 fully saturated rings. The summed E-state index contributed by atoms with van der Waals surface area (Å²) < 4.78 is 133. The highest BCUT2D eigenvalue weighted by molar-refractivity contribution is 5.75. The van der Waals surface area contributed by atoms with Gasteiger partial charge in [-0.2, -0.15) is 39.5 Å². The van der Waals surface area contributed by atoms with Crippen LogP contribution in [0.1, 0.15) is 58.4 Å². The fourth-order valence-corrected chi connectivity index (χ4v) is 5.77. The van der Waals surface area contributed by atoms with Crippen LogP contribution in [0.3, 0.4) is 0 Å². The molecule has 0 bridgehead atoms. The maximum atomic E-state index is 13.8. The molecule has 2 aliphatic heterocycles. The SMILES string of the molecule is COc1ccc(C)cc1-c1ccc(C(F)(F)F)cc1C1CCC2C(c3cc(C(F)(F)F)cc(C(F)(F)F)c3)OCN12. The van der Waals surface area contributed by atoms with Gasteiger partial charge in [-0.15, -0.1) is 0 Å². The van der Waals surface area contributed by atoms with E-state index in [-0.39, 0.29) is 24.8 Å². The standard InChI is InChI=1S/C29H24F9NO2/c1-15-3-8-25(40-2)22(9-15)20-5-4-17(27(30,31)32)13-21(20)23-6-7-24-26(41-14-39(23)24)16-10-18(28(33,34)35)12-19(11-16)29(36,37)38/h3-5,8-13,23-24,26H,6-7,14H2,1-2H3. The van der Waals surface area contributed by atoms with Crippen molar-refractivity contribution in [3.8, 4) is 16.9 Å². The predicted octanol–water partition coefficient (Wildman–Crippen LogP) is 8.96. The van der Waals surface area contributed by atoms with Crippen molar-refractivity contribution in [3.63, 3.8) is 0 Å². The molecule has 3 aromatic rings. The van der Waals surface area contributed by atoms with E-state index in [1.165, 1.54) is 13.2 Å². The van der Waals surface area contributed by atoms with E-state index in [0.29, 0.717) is 41.0 Å². The van der Waals surface area contributed by atoms with Gasteiger partial charge in [-0.05, 0) is 78.9 Å². The third-order valence-corrected chi connectivity index (χ3v) is 7.64. The van der Waals surface area contributed by atoms with Crippen LogP contribution in [0.25, 0.3) is 11.1 Å². The monoisotopic (exact) mass is 589 g/mol. The molecule has 2 aliphatic rings. The van der Waals surface area contributed by atoms with Gasteiger partial charge in [-0.3, -0.25) is 4.90 Å². The van der Waals surface area contributed by atoms with Crippen molar-refractivity contribution in [1.82, 2.24) is 4.90 Å². The van der Waals surface area contributed by atoms with Crippen LogP contribution >= 0.6 is 0 Å². The zero-order valence-electron chi connectivity index (χ0n) is 21.7. The van der Waals surface area contributed by atoms with Gasteiger partial charge in [-0.1, -0.05) is 17.7 Å². The molecular formula is C29H24F9NO2. The molecule has 3 nitrogen and oxygen atoms in total. The smallest absolute Gasteiger partial charge is 0.416 e. The van der Waals surface area contributed by atoms with Gasteiger partial charge in [-0.25, -0.2) is 0 Å². The first-order chi connectivity index (χ1) is 19.1. The number of methoxy groups -OCH3 is 1. The van der Waals surface area contributed by atoms with Crippen molar-refractivity contribution in [3.05, 3.63) is 88.0 Å². The largest absolute Gasteiger partial charge is 0.496 e. The highest BCUT2D eigenvalue weighted by Gasteiger charge is 2.47. The molecule has 2 heterocycles. The molecule has 0 spiro atoms. The van der Waals surface area contributed by atoms with Crippen molar-refractivity contribution in [2.45, 2.75) is 56.5 Å². The lowest BCUT2D eigenvalue weighted by molar-refractivity contribution is -0.143. The van der Waals surface area contributed by atoms with E-state index < -0.39 is 53.4 Å². The lowest BCUT2D eigenvalue weighted by Gasteiger charge is -2.27. The van der Waals surface area contributed by atoms with Crippen LogP contribution in [-0.4, -0.2) is 24.8 Å². The van der Waals surface area contributed by atoms with Crippen molar-refractivity contribution >= 4 is 0 Å². The van der Waals surface area contributed by atoms with Crippen LogP contribution in [0.15, 0.2) is 54.6 Å². The van der Waals surface area contributed by atoms with E-state index in [0.717, 1.165) is 17.7 Å². The predicted molar refractivity (Wildman–Crippen MR) is 131 cm³/mol. The van der Waals surface area contributed by atoms with E-state index in [1.54, 1.807) is 23.1 Å². The molecule has 0 aliphatic carbocycles. The van der Waals surface area contributed by atoms with Gasteiger partial charge in [0.15, 0.2) is 0 Å². The molecule has 3 atom stereocenters. The molecule has 3 unspecified atom stereocenters. The molecule has 0 aromatic heterocycles. The van der Waals surface area contributed by atoms with Crippen molar-refractivity contribution in [2.75, 3.05) is 13.8 Å². The lowest BCUT2D eigenvalue weighted by atomic mass is 9.90. The third kappa shape index (κ3) is 5.63. The summed E-state index contributed by atoms with van der Waals surface area (Å²) >= 11 is 0. The molecule has 12 heteroatoms. The highest BCUT2D eigenvalue weighted by atomic mass is 19.4. The van der Waals surface area contributed by atoms with Crippen molar-refractivity contribution in [2.24, 2.45) is 0 Å². The zero-order valence-corrected chi connectivity index (χ0v) is 21.7. The number of alkyl halides is 9.